The van der Waals surface area contributed by atoms with Crippen LogP contribution in [0, 0.1) is 11.8 Å². The maximum atomic E-state index is 2.37. The fraction of sp³-hybridized carbons (Fsp3) is 0.571. The van der Waals surface area contributed by atoms with Crippen LogP contribution in [0.5, 0.6) is 0 Å². The van der Waals surface area contributed by atoms with Gasteiger partial charge in [0.25, 0.3) is 0 Å². The van der Waals surface area contributed by atoms with E-state index < -0.39 is 0 Å². The topological polar surface area (TPSA) is 0 Å². The minimum atomic E-state index is 0.769. The molecule has 1 aliphatic rings. The zero-order valence-electron chi connectivity index (χ0n) is 9.66. The Kier molecular flexibility index (Phi) is 4.72. The Morgan fingerprint density at radius 3 is 2.79 bits per heavy atom. The molecule has 1 unspecified atom stereocenters. The molecular weight excluding hydrogens is 168 g/mol. The van der Waals surface area contributed by atoms with Crippen LogP contribution in [0.4, 0.5) is 0 Å². The van der Waals surface area contributed by atoms with Gasteiger partial charge in [-0.3, -0.25) is 0 Å². The summed E-state index contributed by atoms with van der Waals surface area (Å²) in [6.07, 6.45) is 15.1. The highest BCUT2D eigenvalue weighted by Gasteiger charge is 2.13. The second-order valence-corrected chi connectivity index (χ2v) is 4.55. The summed E-state index contributed by atoms with van der Waals surface area (Å²) >= 11 is 0. The Labute approximate surface area is 88.4 Å². The van der Waals surface area contributed by atoms with E-state index in [2.05, 4.69) is 51.2 Å². The molecule has 0 aromatic rings. The van der Waals surface area contributed by atoms with Crippen LogP contribution < -0.4 is 0 Å². The molecule has 0 radical (unpaired) electrons. The van der Waals surface area contributed by atoms with Crippen LogP contribution in [0.3, 0.4) is 0 Å². The summed E-state index contributed by atoms with van der Waals surface area (Å²) < 4.78 is 0. The zero-order valence-corrected chi connectivity index (χ0v) is 9.66. The predicted octanol–water partition coefficient (Wildman–Crippen LogP) is 4.50. The molecule has 0 nitrogen and oxygen atoms in total. The quantitative estimate of drug-likeness (QED) is 0.572. The van der Waals surface area contributed by atoms with Gasteiger partial charge in [0.05, 0.1) is 0 Å². The predicted molar refractivity (Wildman–Crippen MR) is 64.2 cm³/mol. The van der Waals surface area contributed by atoms with E-state index in [1.54, 1.807) is 0 Å². The minimum absolute atomic E-state index is 0.769. The van der Waals surface area contributed by atoms with Crippen LogP contribution >= 0.6 is 0 Å². The Balaban J connectivity index is 2.28. The van der Waals surface area contributed by atoms with E-state index >= 15 is 0 Å². The minimum Gasteiger partial charge on any atom is -0.0859 e. The number of hydrogen-bond donors (Lipinski definition) is 0. The third-order valence-electron chi connectivity index (χ3n) is 2.92. The van der Waals surface area contributed by atoms with Crippen LogP contribution in [0.15, 0.2) is 36.0 Å². The summed E-state index contributed by atoms with van der Waals surface area (Å²) in [5, 5.41) is 0. The first kappa shape index (κ1) is 11.3. The highest BCUT2D eigenvalue weighted by molar-refractivity contribution is 5.11. The van der Waals surface area contributed by atoms with Gasteiger partial charge in [-0.25, -0.2) is 0 Å². The van der Waals surface area contributed by atoms with Gasteiger partial charge in [0.2, 0.25) is 0 Å². The standard InChI is InChI=1S/C14H22/c1-12(2)8-7-9-13(3)14-10-5-4-6-11-14/h4-6,8,10,13-14H,7,9,11H2,1-3H3/t13?,14-/m1/s1. The van der Waals surface area contributed by atoms with Crippen LogP contribution in [-0.4, -0.2) is 0 Å². The van der Waals surface area contributed by atoms with Crippen molar-refractivity contribution < 1.29 is 0 Å². The van der Waals surface area contributed by atoms with Gasteiger partial charge < -0.3 is 0 Å². The van der Waals surface area contributed by atoms with Crippen molar-refractivity contribution in [3.05, 3.63) is 36.0 Å². The first-order chi connectivity index (χ1) is 6.70. The third-order valence-corrected chi connectivity index (χ3v) is 2.92. The average Bonchev–Trinajstić information content (AvgIpc) is 2.18. The van der Waals surface area contributed by atoms with E-state index in [1.807, 2.05) is 0 Å². The largest absolute Gasteiger partial charge is 0.0859 e. The first-order valence-electron chi connectivity index (χ1n) is 5.67. The van der Waals surface area contributed by atoms with Crippen molar-refractivity contribution in [1.29, 1.82) is 0 Å². The summed E-state index contributed by atoms with van der Waals surface area (Å²) in [6.45, 7) is 6.72. The van der Waals surface area contributed by atoms with Gasteiger partial charge in [0, 0.05) is 0 Å². The molecule has 1 rings (SSSR count). The highest BCUT2D eigenvalue weighted by atomic mass is 14.2. The summed E-state index contributed by atoms with van der Waals surface area (Å²) in [7, 11) is 0. The van der Waals surface area contributed by atoms with Crippen molar-refractivity contribution >= 4 is 0 Å². The molecule has 0 aromatic carbocycles. The van der Waals surface area contributed by atoms with E-state index in [1.165, 1.54) is 24.8 Å². The van der Waals surface area contributed by atoms with Gasteiger partial charge in [-0.2, -0.15) is 0 Å². The smallest absolute Gasteiger partial charge is 0.0170 e. The Hall–Kier alpha value is -0.780. The number of hydrogen-bond acceptors (Lipinski definition) is 0. The lowest BCUT2D eigenvalue weighted by Gasteiger charge is -2.20. The molecule has 14 heavy (non-hydrogen) atoms. The summed E-state index contributed by atoms with van der Waals surface area (Å²) in [4.78, 5) is 0. The Bertz CT molecular complexity index is 239. The maximum absolute atomic E-state index is 2.37. The van der Waals surface area contributed by atoms with Gasteiger partial charge in [0.15, 0.2) is 0 Å². The SMILES string of the molecule is CC(C)=CCCC(C)[C@@H]1C=CC=CC1. The summed E-state index contributed by atoms with van der Waals surface area (Å²) in [6, 6.07) is 0. The molecule has 0 spiro atoms. The Morgan fingerprint density at radius 1 is 1.43 bits per heavy atom. The molecular formula is C14H22. The molecule has 1 aliphatic carbocycles. The Morgan fingerprint density at radius 2 is 2.21 bits per heavy atom. The van der Waals surface area contributed by atoms with Crippen molar-refractivity contribution in [3.63, 3.8) is 0 Å². The lowest BCUT2D eigenvalue weighted by Crippen LogP contribution is -2.09. The van der Waals surface area contributed by atoms with Crippen LogP contribution in [0.25, 0.3) is 0 Å². The summed E-state index contributed by atoms with van der Waals surface area (Å²) in [5.41, 5.74) is 1.44. The lowest BCUT2D eigenvalue weighted by atomic mass is 9.85. The fourth-order valence-electron chi connectivity index (χ4n) is 1.87. The lowest BCUT2D eigenvalue weighted by molar-refractivity contribution is 0.404. The summed E-state index contributed by atoms with van der Waals surface area (Å²) in [5.74, 6) is 1.58. The normalized spacial score (nSPS) is 22.1. The molecule has 0 heterocycles. The van der Waals surface area contributed by atoms with E-state index in [4.69, 9.17) is 0 Å². The highest BCUT2D eigenvalue weighted by Crippen LogP contribution is 2.24. The molecule has 0 aromatic heterocycles. The van der Waals surface area contributed by atoms with E-state index in [9.17, 15) is 0 Å². The molecule has 78 valence electrons. The average molecular weight is 190 g/mol. The molecule has 0 amide bonds. The second kappa shape index (κ2) is 5.85. The van der Waals surface area contributed by atoms with Crippen LogP contribution in [-0.2, 0) is 0 Å². The first-order valence-corrected chi connectivity index (χ1v) is 5.67. The second-order valence-electron chi connectivity index (χ2n) is 4.55. The van der Waals surface area contributed by atoms with Gasteiger partial charge in [0.1, 0.15) is 0 Å². The van der Waals surface area contributed by atoms with E-state index in [0.29, 0.717) is 0 Å². The van der Waals surface area contributed by atoms with Crippen LogP contribution in [0.1, 0.15) is 40.0 Å². The third kappa shape index (κ3) is 3.95. The molecule has 0 heteroatoms. The molecule has 0 fully saturated rings. The molecule has 0 N–H and O–H groups in total. The maximum Gasteiger partial charge on any atom is -0.0170 e. The van der Waals surface area contributed by atoms with Crippen LogP contribution in [0.2, 0.25) is 0 Å². The van der Waals surface area contributed by atoms with E-state index in [0.717, 1.165) is 11.8 Å². The van der Waals surface area contributed by atoms with Crippen molar-refractivity contribution in [3.8, 4) is 0 Å². The number of rotatable bonds is 4. The molecule has 0 saturated heterocycles. The van der Waals surface area contributed by atoms with Crippen molar-refractivity contribution in [2.75, 3.05) is 0 Å². The molecule has 0 aliphatic heterocycles. The van der Waals surface area contributed by atoms with Crippen molar-refractivity contribution in [2.24, 2.45) is 11.8 Å². The van der Waals surface area contributed by atoms with Gasteiger partial charge in [-0.05, 0) is 44.9 Å². The van der Waals surface area contributed by atoms with Gasteiger partial charge >= 0.3 is 0 Å². The van der Waals surface area contributed by atoms with Gasteiger partial charge in [-0.1, -0.05) is 42.9 Å². The molecule has 0 saturated carbocycles. The molecule has 2 atom stereocenters. The van der Waals surface area contributed by atoms with Crippen molar-refractivity contribution in [2.45, 2.75) is 40.0 Å². The zero-order chi connectivity index (χ0) is 10.4. The number of allylic oxidation sites excluding steroid dienone is 6. The van der Waals surface area contributed by atoms with Crippen molar-refractivity contribution in [1.82, 2.24) is 0 Å². The monoisotopic (exact) mass is 190 g/mol. The van der Waals surface area contributed by atoms with E-state index in [-0.39, 0.29) is 0 Å². The fourth-order valence-corrected chi connectivity index (χ4v) is 1.87. The molecule has 0 bridgehead atoms. The van der Waals surface area contributed by atoms with Gasteiger partial charge in [-0.15, -0.1) is 0 Å².